The minimum absolute atomic E-state index is 0.408. The number of halogens is 1. The van der Waals surface area contributed by atoms with Crippen molar-refractivity contribution in [3.63, 3.8) is 0 Å². The SMILES string of the molecule is COc1cnc2[nH]cc(C(O)c3ccc(Cl)nc3C)c2c1. The largest absolute Gasteiger partial charge is 0.495 e. The molecule has 2 N–H and O–H groups in total. The maximum atomic E-state index is 10.6. The molecule has 21 heavy (non-hydrogen) atoms. The van der Waals surface area contributed by atoms with Crippen molar-refractivity contribution in [2.45, 2.75) is 13.0 Å². The summed E-state index contributed by atoms with van der Waals surface area (Å²) < 4.78 is 5.18. The van der Waals surface area contributed by atoms with E-state index in [4.69, 9.17) is 16.3 Å². The van der Waals surface area contributed by atoms with Crippen molar-refractivity contribution in [1.29, 1.82) is 0 Å². The molecule has 0 radical (unpaired) electrons. The van der Waals surface area contributed by atoms with E-state index >= 15 is 0 Å². The third kappa shape index (κ3) is 2.46. The van der Waals surface area contributed by atoms with Crippen LogP contribution in [-0.4, -0.2) is 27.2 Å². The quantitative estimate of drug-likeness (QED) is 0.730. The van der Waals surface area contributed by atoms with Gasteiger partial charge in [-0.1, -0.05) is 17.7 Å². The molecule has 1 atom stereocenters. The Morgan fingerprint density at radius 2 is 2.14 bits per heavy atom. The number of aromatic nitrogens is 3. The fourth-order valence-corrected chi connectivity index (χ4v) is 2.53. The average Bonchev–Trinajstić information content (AvgIpc) is 2.89. The molecule has 0 fully saturated rings. The molecule has 108 valence electrons. The molecule has 0 amide bonds. The van der Waals surface area contributed by atoms with E-state index < -0.39 is 6.10 Å². The minimum Gasteiger partial charge on any atom is -0.495 e. The average molecular weight is 304 g/mol. The van der Waals surface area contributed by atoms with Crippen molar-refractivity contribution < 1.29 is 9.84 Å². The summed E-state index contributed by atoms with van der Waals surface area (Å²) in [5, 5.41) is 11.9. The van der Waals surface area contributed by atoms with Gasteiger partial charge in [-0.3, -0.25) is 0 Å². The Kier molecular flexibility index (Phi) is 3.53. The standard InChI is InChI=1S/C15H14ClN3O2/c1-8-10(3-4-13(16)19-8)14(20)12-7-18-15-11(12)5-9(21-2)6-17-15/h3-7,14,20H,1-2H3,(H,17,18). The van der Waals surface area contributed by atoms with Crippen molar-refractivity contribution in [3.8, 4) is 5.75 Å². The van der Waals surface area contributed by atoms with Crippen LogP contribution in [0.15, 0.2) is 30.6 Å². The second-order valence-electron chi connectivity index (χ2n) is 4.73. The zero-order valence-electron chi connectivity index (χ0n) is 11.6. The number of nitrogens with one attached hydrogen (secondary N) is 1. The number of hydrogen-bond donors (Lipinski definition) is 2. The molecule has 3 heterocycles. The zero-order valence-corrected chi connectivity index (χ0v) is 12.3. The molecule has 0 spiro atoms. The van der Waals surface area contributed by atoms with Crippen molar-refractivity contribution >= 4 is 22.6 Å². The van der Waals surface area contributed by atoms with Gasteiger partial charge in [-0.25, -0.2) is 9.97 Å². The maximum absolute atomic E-state index is 10.6. The predicted octanol–water partition coefficient (Wildman–Crippen LogP) is 3.01. The van der Waals surface area contributed by atoms with E-state index in [0.29, 0.717) is 27.8 Å². The number of pyridine rings is 2. The van der Waals surface area contributed by atoms with Gasteiger partial charge in [0.25, 0.3) is 0 Å². The molecular formula is C15H14ClN3O2. The van der Waals surface area contributed by atoms with Gasteiger partial charge in [-0.2, -0.15) is 0 Å². The van der Waals surface area contributed by atoms with Crippen LogP contribution in [0.5, 0.6) is 5.75 Å². The number of fused-ring (bicyclic) bond motifs is 1. The van der Waals surface area contributed by atoms with Gasteiger partial charge in [0, 0.05) is 28.4 Å². The lowest BCUT2D eigenvalue weighted by Crippen LogP contribution is -2.03. The van der Waals surface area contributed by atoms with E-state index in [9.17, 15) is 5.11 Å². The number of rotatable bonds is 3. The summed E-state index contributed by atoms with van der Waals surface area (Å²) in [6.07, 6.45) is 2.57. The summed E-state index contributed by atoms with van der Waals surface area (Å²) >= 11 is 5.86. The van der Waals surface area contributed by atoms with Crippen molar-refractivity contribution in [1.82, 2.24) is 15.0 Å². The molecule has 0 bridgehead atoms. The predicted molar refractivity (Wildman–Crippen MR) is 80.7 cm³/mol. The Labute approximate surface area is 126 Å². The molecule has 3 aromatic rings. The molecule has 3 rings (SSSR count). The zero-order chi connectivity index (χ0) is 15.0. The van der Waals surface area contributed by atoms with E-state index in [1.165, 1.54) is 0 Å². The van der Waals surface area contributed by atoms with E-state index in [1.54, 1.807) is 31.6 Å². The summed E-state index contributed by atoms with van der Waals surface area (Å²) in [7, 11) is 1.58. The number of H-pyrrole nitrogens is 1. The van der Waals surface area contributed by atoms with Crippen molar-refractivity contribution in [3.05, 3.63) is 52.6 Å². The summed E-state index contributed by atoms with van der Waals surface area (Å²) in [4.78, 5) is 11.5. The van der Waals surface area contributed by atoms with Gasteiger partial charge in [0.15, 0.2) is 0 Å². The Morgan fingerprint density at radius 1 is 1.33 bits per heavy atom. The number of aromatic amines is 1. The van der Waals surface area contributed by atoms with Crippen LogP contribution in [0.3, 0.4) is 0 Å². The molecule has 1 unspecified atom stereocenters. The number of hydrogen-bond acceptors (Lipinski definition) is 4. The highest BCUT2D eigenvalue weighted by Crippen LogP contribution is 2.31. The van der Waals surface area contributed by atoms with Crippen LogP contribution >= 0.6 is 11.6 Å². The first-order valence-electron chi connectivity index (χ1n) is 6.42. The van der Waals surface area contributed by atoms with Gasteiger partial charge in [-0.05, 0) is 19.1 Å². The summed E-state index contributed by atoms with van der Waals surface area (Å²) in [5.41, 5.74) is 2.83. The summed E-state index contributed by atoms with van der Waals surface area (Å²) in [5.74, 6) is 0.640. The van der Waals surface area contributed by atoms with E-state index in [-0.39, 0.29) is 0 Å². The Hall–Kier alpha value is -2.11. The smallest absolute Gasteiger partial charge is 0.137 e. The van der Waals surface area contributed by atoms with Crippen molar-refractivity contribution in [2.75, 3.05) is 7.11 Å². The van der Waals surface area contributed by atoms with Gasteiger partial charge in [0.1, 0.15) is 22.7 Å². The Bertz CT molecular complexity index is 801. The molecule has 0 aliphatic heterocycles. The van der Waals surface area contributed by atoms with E-state index in [0.717, 1.165) is 10.9 Å². The normalized spacial score (nSPS) is 12.6. The first-order valence-corrected chi connectivity index (χ1v) is 6.80. The molecule has 0 saturated carbocycles. The van der Waals surface area contributed by atoms with Crippen LogP contribution in [0, 0.1) is 6.92 Å². The molecule has 0 aliphatic rings. The number of aryl methyl sites for hydroxylation is 1. The van der Waals surface area contributed by atoms with Crippen LogP contribution in [0.2, 0.25) is 5.15 Å². The Balaban J connectivity index is 2.10. The van der Waals surface area contributed by atoms with E-state index in [2.05, 4.69) is 15.0 Å². The number of aliphatic hydroxyl groups is 1. The van der Waals surface area contributed by atoms with E-state index in [1.807, 2.05) is 13.0 Å². The van der Waals surface area contributed by atoms with Crippen molar-refractivity contribution in [2.24, 2.45) is 0 Å². The number of methoxy groups -OCH3 is 1. The van der Waals surface area contributed by atoms with Crippen LogP contribution in [0.25, 0.3) is 11.0 Å². The molecule has 5 nitrogen and oxygen atoms in total. The third-order valence-electron chi connectivity index (χ3n) is 3.46. The lowest BCUT2D eigenvalue weighted by Gasteiger charge is -2.13. The monoisotopic (exact) mass is 303 g/mol. The first kappa shape index (κ1) is 13.9. The highest BCUT2D eigenvalue weighted by atomic mass is 35.5. The molecule has 3 aromatic heterocycles. The fraction of sp³-hybridized carbons (Fsp3) is 0.200. The van der Waals surface area contributed by atoms with Gasteiger partial charge in [0.2, 0.25) is 0 Å². The second kappa shape index (κ2) is 5.35. The summed E-state index contributed by atoms with van der Waals surface area (Å²) in [6.45, 7) is 1.82. The van der Waals surface area contributed by atoms with Gasteiger partial charge in [-0.15, -0.1) is 0 Å². The lowest BCUT2D eigenvalue weighted by atomic mass is 10.0. The van der Waals surface area contributed by atoms with Gasteiger partial charge >= 0.3 is 0 Å². The third-order valence-corrected chi connectivity index (χ3v) is 3.67. The van der Waals surface area contributed by atoms with Crippen LogP contribution in [0.4, 0.5) is 0 Å². The highest BCUT2D eigenvalue weighted by Gasteiger charge is 2.18. The van der Waals surface area contributed by atoms with Crippen LogP contribution < -0.4 is 4.74 Å². The molecular weight excluding hydrogens is 290 g/mol. The minimum atomic E-state index is -0.808. The molecule has 0 saturated heterocycles. The number of nitrogens with zero attached hydrogens (tertiary/aromatic N) is 2. The topological polar surface area (TPSA) is 71.0 Å². The molecule has 0 aromatic carbocycles. The molecule has 6 heteroatoms. The van der Waals surface area contributed by atoms with Gasteiger partial charge < -0.3 is 14.8 Å². The fourth-order valence-electron chi connectivity index (χ4n) is 2.34. The lowest BCUT2D eigenvalue weighted by molar-refractivity contribution is 0.220. The van der Waals surface area contributed by atoms with Gasteiger partial charge in [0.05, 0.1) is 13.3 Å². The number of ether oxygens (including phenoxy) is 1. The van der Waals surface area contributed by atoms with Crippen LogP contribution in [-0.2, 0) is 0 Å². The highest BCUT2D eigenvalue weighted by molar-refractivity contribution is 6.29. The maximum Gasteiger partial charge on any atom is 0.137 e. The number of aliphatic hydroxyl groups excluding tert-OH is 1. The summed E-state index contributed by atoms with van der Waals surface area (Å²) in [6, 6.07) is 5.29. The van der Waals surface area contributed by atoms with Crippen LogP contribution in [0.1, 0.15) is 22.9 Å². The Morgan fingerprint density at radius 3 is 2.86 bits per heavy atom. The molecule has 0 aliphatic carbocycles. The first-order chi connectivity index (χ1) is 10.1. The second-order valence-corrected chi connectivity index (χ2v) is 5.11.